The zero-order chi connectivity index (χ0) is 8.74. The van der Waals surface area contributed by atoms with Crippen LogP contribution in [0.4, 0.5) is 0 Å². The van der Waals surface area contributed by atoms with Crippen LogP contribution in [0.15, 0.2) is 0 Å². The van der Waals surface area contributed by atoms with E-state index in [4.69, 9.17) is 21.8 Å². The summed E-state index contributed by atoms with van der Waals surface area (Å²) in [7, 11) is 2.21. The fraction of sp³-hybridized carbons (Fsp3) is 1.00. The molecule has 5 nitrogen and oxygen atoms in total. The first-order chi connectivity index (χ1) is 5.24. The van der Waals surface area contributed by atoms with Gasteiger partial charge >= 0.3 is 9.05 Å². The maximum Gasteiger partial charge on any atom is 0.669 e. The minimum absolute atomic E-state index is 1.03. The van der Waals surface area contributed by atoms with E-state index >= 15 is 0 Å². The van der Waals surface area contributed by atoms with Crippen molar-refractivity contribution in [1.29, 1.82) is 0 Å². The lowest BCUT2D eigenvalue weighted by Crippen LogP contribution is -2.47. The Bertz CT molecular complexity index is 88.2. The molecule has 0 aromatic heterocycles. The Balaban J connectivity index is 3.84. The molecule has 0 bridgehead atoms. The third kappa shape index (κ3) is 3.42. The van der Waals surface area contributed by atoms with Gasteiger partial charge in [0, 0.05) is 28.4 Å². The Morgan fingerprint density at radius 2 is 1.36 bits per heavy atom. The third-order valence-corrected chi connectivity index (χ3v) is 4.72. The van der Waals surface area contributed by atoms with E-state index in [1.165, 1.54) is 21.3 Å². The zero-order valence-electron chi connectivity index (χ0n) is 7.25. The molecule has 0 atom stereocenters. The first-order valence-corrected chi connectivity index (χ1v) is 5.81. The van der Waals surface area contributed by atoms with E-state index in [0.29, 0.717) is 0 Å². The molecule has 0 aliphatic rings. The highest BCUT2D eigenvalue weighted by molar-refractivity contribution is 6.58. The molecule has 11 heavy (non-hydrogen) atoms. The summed E-state index contributed by atoms with van der Waals surface area (Å²) in [4.78, 5) is 0. The molecular weight excluding hydrogens is 184 g/mol. The van der Waals surface area contributed by atoms with Gasteiger partial charge < -0.3 is 21.8 Å². The first kappa shape index (κ1) is 11.2. The fourth-order valence-corrected chi connectivity index (χ4v) is 3.52. The van der Waals surface area contributed by atoms with Crippen LogP contribution in [0.1, 0.15) is 0 Å². The summed E-state index contributed by atoms with van der Waals surface area (Å²) in [5.74, 6) is 0. The van der Waals surface area contributed by atoms with Crippen LogP contribution in [0.3, 0.4) is 0 Å². The van der Waals surface area contributed by atoms with Crippen LogP contribution in [0, 0.1) is 0 Å². The van der Waals surface area contributed by atoms with Crippen molar-refractivity contribution in [3.63, 3.8) is 0 Å². The number of hydrogen-bond donors (Lipinski definition) is 0. The van der Waals surface area contributed by atoms with E-state index in [2.05, 4.69) is 0 Å². The van der Waals surface area contributed by atoms with Gasteiger partial charge in [-0.25, -0.2) is 0 Å². The van der Waals surface area contributed by atoms with Gasteiger partial charge in [-0.05, 0) is 0 Å². The number of hydrogen-bond acceptors (Lipinski definition) is 5. The molecule has 7 heteroatoms. The van der Waals surface area contributed by atoms with Gasteiger partial charge in [-0.2, -0.15) is 0 Å². The van der Waals surface area contributed by atoms with Gasteiger partial charge in [0.1, 0.15) is 0 Å². The van der Waals surface area contributed by atoms with Gasteiger partial charge in [0.2, 0.25) is 0 Å². The van der Waals surface area contributed by atoms with Crippen molar-refractivity contribution in [2.45, 2.75) is 0 Å². The average Bonchev–Trinajstić information content (AvgIpc) is 2.08. The second-order valence-corrected chi connectivity index (χ2v) is 5.86. The van der Waals surface area contributed by atoms with Gasteiger partial charge in [-0.1, -0.05) is 0 Å². The molecule has 0 fully saturated rings. The van der Waals surface area contributed by atoms with Crippen LogP contribution in [-0.2, 0) is 21.8 Å². The Morgan fingerprint density at radius 1 is 0.909 bits per heavy atom. The topological polar surface area (TPSA) is 46.2 Å². The molecule has 0 aromatic carbocycles. The molecule has 0 radical (unpaired) electrons. The van der Waals surface area contributed by atoms with Crippen LogP contribution < -0.4 is 0 Å². The molecular formula is C4H14O5Si2. The summed E-state index contributed by atoms with van der Waals surface area (Å²) >= 11 is 0. The van der Waals surface area contributed by atoms with Crippen molar-refractivity contribution in [3.8, 4) is 0 Å². The maximum absolute atomic E-state index is 5.22. The highest BCUT2D eigenvalue weighted by Crippen LogP contribution is 2.05. The normalized spacial score (nSPS) is 13.1. The molecule has 0 spiro atoms. The van der Waals surface area contributed by atoms with Crippen molar-refractivity contribution < 1.29 is 21.8 Å². The maximum atomic E-state index is 5.22. The zero-order valence-corrected chi connectivity index (χ0v) is 9.66. The Morgan fingerprint density at radius 3 is 1.64 bits per heavy atom. The van der Waals surface area contributed by atoms with Crippen LogP contribution in [-0.4, -0.2) is 47.5 Å². The molecule has 0 aliphatic heterocycles. The second kappa shape index (κ2) is 5.83. The summed E-state index contributed by atoms with van der Waals surface area (Å²) in [5.41, 5.74) is 0. The van der Waals surface area contributed by atoms with Crippen molar-refractivity contribution in [2.75, 3.05) is 28.4 Å². The monoisotopic (exact) mass is 198 g/mol. The smallest absolute Gasteiger partial charge is 0.403 e. The lowest BCUT2D eigenvalue weighted by molar-refractivity contribution is 0.0457. The highest BCUT2D eigenvalue weighted by atomic mass is 28.4. The Hall–Kier alpha value is 0.234. The Kier molecular flexibility index (Phi) is 5.95. The molecule has 0 aliphatic carbocycles. The van der Waals surface area contributed by atoms with E-state index in [1.54, 1.807) is 7.11 Å². The minimum atomic E-state index is -2.80. The van der Waals surface area contributed by atoms with Crippen LogP contribution >= 0.6 is 0 Å². The summed E-state index contributed by atoms with van der Waals surface area (Å²) in [6.45, 7) is 0. The molecule has 0 amide bonds. The summed E-state index contributed by atoms with van der Waals surface area (Å²) in [5, 5.41) is 0. The first-order valence-electron chi connectivity index (χ1n) is 3.03. The molecule has 0 saturated carbocycles. The van der Waals surface area contributed by atoms with Crippen molar-refractivity contribution in [3.05, 3.63) is 0 Å². The van der Waals surface area contributed by atoms with E-state index in [1.807, 2.05) is 0 Å². The third-order valence-electron chi connectivity index (χ3n) is 1.10. The molecule has 0 rings (SSSR count). The highest BCUT2D eigenvalue weighted by Gasteiger charge is 2.41. The van der Waals surface area contributed by atoms with Crippen molar-refractivity contribution in [1.82, 2.24) is 0 Å². The van der Waals surface area contributed by atoms with Gasteiger partial charge in [0.25, 0.3) is 10.0 Å². The lowest BCUT2D eigenvalue weighted by atomic mass is 11.8. The molecule has 0 unspecified atom stereocenters. The molecule has 0 heterocycles. The van der Waals surface area contributed by atoms with E-state index in [9.17, 15) is 0 Å². The lowest BCUT2D eigenvalue weighted by Gasteiger charge is -2.22. The average molecular weight is 198 g/mol. The molecule has 0 N–H and O–H groups in total. The summed E-state index contributed by atoms with van der Waals surface area (Å²) < 4.78 is 24.9. The van der Waals surface area contributed by atoms with Crippen LogP contribution in [0.2, 0.25) is 0 Å². The van der Waals surface area contributed by atoms with Crippen molar-refractivity contribution >= 4 is 19.1 Å². The van der Waals surface area contributed by atoms with E-state index in [0.717, 1.165) is 0 Å². The largest absolute Gasteiger partial charge is 0.669 e. The van der Waals surface area contributed by atoms with Gasteiger partial charge in [0.05, 0.1) is 0 Å². The second-order valence-electron chi connectivity index (χ2n) is 1.66. The number of rotatable bonds is 6. The minimum Gasteiger partial charge on any atom is -0.403 e. The van der Waals surface area contributed by atoms with Gasteiger partial charge in [0.15, 0.2) is 0 Å². The molecule has 0 saturated heterocycles. The SMILES string of the molecule is CO[SiH2]O[Si](OC)(OC)OC. The predicted octanol–water partition coefficient (Wildman–Crippen LogP) is -0.977. The fourth-order valence-electron chi connectivity index (χ4n) is 0.558. The van der Waals surface area contributed by atoms with Crippen LogP contribution in [0.5, 0.6) is 0 Å². The van der Waals surface area contributed by atoms with Crippen molar-refractivity contribution in [2.24, 2.45) is 0 Å². The predicted molar refractivity (Wildman–Crippen MR) is 43.4 cm³/mol. The van der Waals surface area contributed by atoms with E-state index in [-0.39, 0.29) is 0 Å². The molecule has 0 aromatic rings. The summed E-state index contributed by atoms with van der Waals surface area (Å²) in [6.07, 6.45) is 0. The Labute approximate surface area is 70.1 Å². The standard InChI is InChI=1S/C4H14O5Si2/c1-5-10-9-11(6-2,7-3)8-4/h10H2,1-4H3. The summed E-state index contributed by atoms with van der Waals surface area (Å²) in [6, 6.07) is 0. The van der Waals surface area contributed by atoms with Crippen LogP contribution in [0.25, 0.3) is 0 Å². The quantitative estimate of drug-likeness (QED) is 0.514. The van der Waals surface area contributed by atoms with Gasteiger partial charge in [-0.3, -0.25) is 0 Å². The molecule has 68 valence electrons. The van der Waals surface area contributed by atoms with E-state index < -0.39 is 19.1 Å². The van der Waals surface area contributed by atoms with Gasteiger partial charge in [-0.15, -0.1) is 0 Å².